The molecule has 0 spiro atoms. The maximum atomic E-state index is 12.8. The molecule has 0 saturated carbocycles. The Balaban J connectivity index is 4.16. The monoisotopic (exact) mass is 216 g/mol. The highest BCUT2D eigenvalue weighted by atomic mass is 19.1. The number of allylic oxidation sites excluding steroid dienone is 2. The van der Waals surface area contributed by atoms with Crippen molar-refractivity contribution in [1.29, 1.82) is 0 Å². The lowest BCUT2D eigenvalue weighted by Gasteiger charge is -1.95. The average molecular weight is 216 g/mol. The van der Waals surface area contributed by atoms with E-state index in [0.29, 0.717) is 6.08 Å². The molecule has 5 heteroatoms. The molecule has 0 rings (SSSR count). The SMILES string of the molecule is CCOC(=O)/C=C(F)/C=C/C(=O)OCC. The smallest absolute Gasteiger partial charge is 0.333 e. The highest BCUT2D eigenvalue weighted by Crippen LogP contribution is 1.99. The molecule has 0 saturated heterocycles. The van der Waals surface area contributed by atoms with Crippen molar-refractivity contribution in [1.82, 2.24) is 0 Å². The van der Waals surface area contributed by atoms with Gasteiger partial charge in [-0.1, -0.05) is 0 Å². The van der Waals surface area contributed by atoms with E-state index >= 15 is 0 Å². The molecule has 84 valence electrons. The van der Waals surface area contributed by atoms with Crippen molar-refractivity contribution in [3.63, 3.8) is 0 Å². The van der Waals surface area contributed by atoms with Gasteiger partial charge in [0, 0.05) is 6.08 Å². The molecule has 0 unspecified atom stereocenters. The summed E-state index contributed by atoms with van der Waals surface area (Å²) >= 11 is 0. The van der Waals surface area contributed by atoms with Gasteiger partial charge in [0.15, 0.2) is 0 Å². The van der Waals surface area contributed by atoms with Crippen molar-refractivity contribution in [3.05, 3.63) is 24.1 Å². The third-order valence-electron chi connectivity index (χ3n) is 1.21. The summed E-state index contributed by atoms with van der Waals surface area (Å²) in [5.74, 6) is -2.31. The van der Waals surface area contributed by atoms with Gasteiger partial charge in [0.05, 0.1) is 19.3 Å². The summed E-state index contributed by atoms with van der Waals surface area (Å²) < 4.78 is 21.8. The fraction of sp³-hybridized carbons (Fsp3) is 0.400. The van der Waals surface area contributed by atoms with Crippen LogP contribution in [-0.4, -0.2) is 25.2 Å². The summed E-state index contributed by atoms with van der Waals surface area (Å²) in [6.07, 6.45) is 2.39. The molecule has 0 fully saturated rings. The molecule has 0 amide bonds. The van der Waals surface area contributed by atoms with Crippen molar-refractivity contribution < 1.29 is 23.5 Å². The molecule has 0 heterocycles. The number of hydrogen-bond acceptors (Lipinski definition) is 4. The highest BCUT2D eigenvalue weighted by molar-refractivity contribution is 5.85. The first kappa shape index (κ1) is 13.4. The van der Waals surface area contributed by atoms with Gasteiger partial charge in [-0.05, 0) is 19.9 Å². The van der Waals surface area contributed by atoms with E-state index in [1.54, 1.807) is 13.8 Å². The molecule has 0 aliphatic heterocycles. The maximum Gasteiger partial charge on any atom is 0.333 e. The van der Waals surface area contributed by atoms with Crippen molar-refractivity contribution >= 4 is 11.9 Å². The van der Waals surface area contributed by atoms with Crippen LogP contribution in [0.4, 0.5) is 4.39 Å². The first-order chi connectivity index (χ1) is 7.10. The Morgan fingerprint density at radius 3 is 2.13 bits per heavy atom. The lowest BCUT2D eigenvalue weighted by atomic mass is 10.4. The fourth-order valence-corrected chi connectivity index (χ4v) is 0.683. The summed E-state index contributed by atoms with van der Waals surface area (Å²) in [5, 5.41) is 0. The lowest BCUT2D eigenvalue weighted by molar-refractivity contribution is -0.138. The molecule has 0 bridgehead atoms. The summed E-state index contributed by atoms with van der Waals surface area (Å²) in [6, 6.07) is 0. The van der Waals surface area contributed by atoms with E-state index in [9.17, 15) is 14.0 Å². The van der Waals surface area contributed by atoms with Gasteiger partial charge in [0.2, 0.25) is 0 Å². The van der Waals surface area contributed by atoms with Gasteiger partial charge in [-0.25, -0.2) is 14.0 Å². The van der Waals surface area contributed by atoms with Gasteiger partial charge in [-0.15, -0.1) is 0 Å². The number of hydrogen-bond donors (Lipinski definition) is 0. The van der Waals surface area contributed by atoms with Gasteiger partial charge < -0.3 is 9.47 Å². The number of carbonyl (C=O) groups is 2. The number of ether oxygens (including phenoxy) is 2. The predicted molar refractivity (Wildman–Crippen MR) is 51.6 cm³/mol. The Bertz CT molecular complexity index is 281. The highest BCUT2D eigenvalue weighted by Gasteiger charge is 1.99. The first-order valence-electron chi connectivity index (χ1n) is 4.49. The number of rotatable bonds is 5. The minimum Gasteiger partial charge on any atom is -0.463 e. The number of esters is 2. The third kappa shape index (κ3) is 7.42. The van der Waals surface area contributed by atoms with Crippen LogP contribution in [0, 0.1) is 0 Å². The normalized spacial score (nSPS) is 11.5. The van der Waals surface area contributed by atoms with E-state index in [1.165, 1.54) is 0 Å². The molecule has 0 aromatic carbocycles. The summed E-state index contributed by atoms with van der Waals surface area (Å²) in [7, 11) is 0. The van der Waals surface area contributed by atoms with Crippen LogP contribution in [0.5, 0.6) is 0 Å². The molecule has 4 nitrogen and oxygen atoms in total. The minimum atomic E-state index is -0.860. The number of carbonyl (C=O) groups excluding carboxylic acids is 2. The Morgan fingerprint density at radius 1 is 1.07 bits per heavy atom. The van der Waals surface area contributed by atoms with Crippen LogP contribution < -0.4 is 0 Å². The zero-order valence-electron chi connectivity index (χ0n) is 8.66. The van der Waals surface area contributed by atoms with E-state index < -0.39 is 17.8 Å². The molecule has 0 radical (unpaired) electrons. The molecular weight excluding hydrogens is 203 g/mol. The van der Waals surface area contributed by atoms with E-state index in [1.807, 2.05) is 0 Å². The maximum absolute atomic E-state index is 12.8. The Kier molecular flexibility index (Phi) is 6.88. The first-order valence-corrected chi connectivity index (χ1v) is 4.49. The molecule has 0 atom stereocenters. The molecular formula is C10H13FO4. The quantitative estimate of drug-likeness (QED) is 0.397. The topological polar surface area (TPSA) is 52.6 Å². The van der Waals surface area contributed by atoms with Crippen LogP contribution in [0.25, 0.3) is 0 Å². The average Bonchev–Trinajstić information content (AvgIpc) is 2.15. The zero-order valence-corrected chi connectivity index (χ0v) is 8.66. The van der Waals surface area contributed by atoms with Crippen molar-refractivity contribution in [2.45, 2.75) is 13.8 Å². The minimum absolute atomic E-state index is 0.171. The van der Waals surface area contributed by atoms with E-state index in [2.05, 4.69) is 9.47 Å². The standard InChI is InChI=1S/C10H13FO4/c1-3-14-9(12)6-5-8(11)7-10(13)15-4-2/h5-7H,3-4H2,1-2H3/b6-5+,8-7-. The second-order valence-corrected chi connectivity index (χ2v) is 2.37. The molecule has 0 aromatic heterocycles. The Labute approximate surface area is 87.4 Å². The van der Waals surface area contributed by atoms with Crippen molar-refractivity contribution in [2.75, 3.05) is 13.2 Å². The summed E-state index contributed by atoms with van der Waals surface area (Å²) in [4.78, 5) is 21.5. The molecule has 0 aliphatic rings. The number of halogens is 1. The largest absolute Gasteiger partial charge is 0.463 e. The van der Waals surface area contributed by atoms with Crippen molar-refractivity contribution in [2.24, 2.45) is 0 Å². The van der Waals surface area contributed by atoms with Gasteiger partial charge >= 0.3 is 11.9 Å². The second-order valence-electron chi connectivity index (χ2n) is 2.37. The molecule has 0 aromatic rings. The van der Waals surface area contributed by atoms with E-state index in [0.717, 1.165) is 12.2 Å². The molecule has 0 aliphatic carbocycles. The van der Waals surface area contributed by atoms with Gasteiger partial charge in [-0.3, -0.25) is 0 Å². The van der Waals surface area contributed by atoms with Gasteiger partial charge in [0.25, 0.3) is 0 Å². The summed E-state index contributed by atoms with van der Waals surface area (Å²) in [5.41, 5.74) is 0. The molecule has 15 heavy (non-hydrogen) atoms. The van der Waals surface area contributed by atoms with Crippen LogP contribution in [0.15, 0.2) is 24.1 Å². The zero-order chi connectivity index (χ0) is 11.7. The summed E-state index contributed by atoms with van der Waals surface area (Å²) in [6.45, 7) is 3.63. The molecule has 0 N–H and O–H groups in total. The third-order valence-corrected chi connectivity index (χ3v) is 1.21. The van der Waals surface area contributed by atoms with Crippen LogP contribution >= 0.6 is 0 Å². The lowest BCUT2D eigenvalue weighted by Crippen LogP contribution is -2.00. The second kappa shape index (κ2) is 7.73. The van der Waals surface area contributed by atoms with Crippen LogP contribution in [0.2, 0.25) is 0 Å². The fourth-order valence-electron chi connectivity index (χ4n) is 0.683. The predicted octanol–water partition coefficient (Wildman–Crippen LogP) is 1.52. The van der Waals surface area contributed by atoms with E-state index in [-0.39, 0.29) is 13.2 Å². The van der Waals surface area contributed by atoms with Gasteiger partial charge in [-0.2, -0.15) is 0 Å². The van der Waals surface area contributed by atoms with E-state index in [4.69, 9.17) is 0 Å². The Morgan fingerprint density at radius 2 is 1.60 bits per heavy atom. The van der Waals surface area contributed by atoms with Crippen LogP contribution in [-0.2, 0) is 19.1 Å². The van der Waals surface area contributed by atoms with Crippen molar-refractivity contribution in [3.8, 4) is 0 Å². The Hall–Kier alpha value is -1.65. The van der Waals surface area contributed by atoms with Crippen LogP contribution in [0.1, 0.15) is 13.8 Å². The van der Waals surface area contributed by atoms with Crippen LogP contribution in [0.3, 0.4) is 0 Å². The van der Waals surface area contributed by atoms with Gasteiger partial charge in [0.1, 0.15) is 5.83 Å².